The van der Waals surface area contributed by atoms with Crippen molar-refractivity contribution in [3.63, 3.8) is 0 Å². The van der Waals surface area contributed by atoms with Crippen LogP contribution in [0.15, 0.2) is 53.7 Å². The minimum atomic E-state index is -0.0291. The zero-order valence-electron chi connectivity index (χ0n) is 13.8. The van der Waals surface area contributed by atoms with Crippen molar-refractivity contribution in [2.75, 3.05) is 0 Å². The van der Waals surface area contributed by atoms with Gasteiger partial charge in [-0.2, -0.15) is 0 Å². The standard InChI is InChI=1S/C18H17N5OS/c1-2-15-8-16-17(25-15)19-12-22(18(16)24)10-14-11-23(21-20-14)9-13-6-4-3-5-7-13/h3-8,11-12H,2,9-10H2,1H3. The van der Waals surface area contributed by atoms with E-state index in [2.05, 4.69) is 22.2 Å². The second kappa shape index (κ2) is 6.60. The second-order valence-electron chi connectivity index (χ2n) is 5.86. The Labute approximate surface area is 148 Å². The number of nitrogens with zero attached hydrogens (tertiary/aromatic N) is 5. The molecule has 3 heterocycles. The van der Waals surface area contributed by atoms with E-state index in [1.54, 1.807) is 26.9 Å². The van der Waals surface area contributed by atoms with Gasteiger partial charge in [0.2, 0.25) is 0 Å². The first-order valence-corrected chi connectivity index (χ1v) is 8.95. The predicted octanol–water partition coefficient (Wildman–Crippen LogP) is 2.71. The van der Waals surface area contributed by atoms with Gasteiger partial charge in [0.25, 0.3) is 5.56 Å². The molecule has 6 nitrogen and oxygen atoms in total. The summed E-state index contributed by atoms with van der Waals surface area (Å²) in [5.41, 5.74) is 1.87. The summed E-state index contributed by atoms with van der Waals surface area (Å²) in [5.74, 6) is 0. The lowest BCUT2D eigenvalue weighted by molar-refractivity contribution is 0.648. The fourth-order valence-electron chi connectivity index (χ4n) is 2.73. The van der Waals surface area contributed by atoms with Crippen LogP contribution in [0.25, 0.3) is 10.2 Å². The maximum Gasteiger partial charge on any atom is 0.262 e. The first-order valence-electron chi connectivity index (χ1n) is 8.13. The molecule has 1 aromatic carbocycles. The van der Waals surface area contributed by atoms with Gasteiger partial charge in [0, 0.05) is 4.88 Å². The van der Waals surface area contributed by atoms with Crippen molar-refractivity contribution in [3.05, 3.63) is 75.4 Å². The Hall–Kier alpha value is -2.80. The third-order valence-electron chi connectivity index (χ3n) is 4.02. The van der Waals surface area contributed by atoms with E-state index in [0.29, 0.717) is 18.5 Å². The minimum Gasteiger partial charge on any atom is -0.292 e. The molecule has 0 fully saturated rings. The Morgan fingerprint density at radius 3 is 2.80 bits per heavy atom. The fraction of sp³-hybridized carbons (Fsp3) is 0.222. The van der Waals surface area contributed by atoms with E-state index in [1.807, 2.05) is 42.6 Å². The smallest absolute Gasteiger partial charge is 0.262 e. The molecule has 0 atom stereocenters. The number of thiophene rings is 1. The van der Waals surface area contributed by atoms with E-state index < -0.39 is 0 Å². The molecule has 0 aliphatic heterocycles. The van der Waals surface area contributed by atoms with E-state index in [1.165, 1.54) is 4.88 Å². The predicted molar refractivity (Wildman–Crippen MR) is 97.9 cm³/mol. The molecule has 0 bridgehead atoms. The van der Waals surface area contributed by atoms with Crippen LogP contribution in [0.5, 0.6) is 0 Å². The van der Waals surface area contributed by atoms with E-state index in [4.69, 9.17) is 0 Å². The Balaban J connectivity index is 1.57. The summed E-state index contributed by atoms with van der Waals surface area (Å²) in [6.45, 7) is 3.10. The monoisotopic (exact) mass is 351 g/mol. The lowest BCUT2D eigenvalue weighted by Gasteiger charge is -2.02. The van der Waals surface area contributed by atoms with Gasteiger partial charge in [-0.1, -0.05) is 42.5 Å². The van der Waals surface area contributed by atoms with Crippen LogP contribution in [0.1, 0.15) is 23.1 Å². The quantitative estimate of drug-likeness (QED) is 0.554. The Morgan fingerprint density at radius 2 is 2.00 bits per heavy atom. The SMILES string of the molecule is CCc1cc2c(=O)n(Cc3cn(Cc4ccccc4)nn3)cnc2s1. The molecule has 0 aliphatic carbocycles. The zero-order valence-corrected chi connectivity index (χ0v) is 14.6. The van der Waals surface area contributed by atoms with E-state index in [-0.39, 0.29) is 5.56 Å². The zero-order chi connectivity index (χ0) is 17.2. The average molecular weight is 351 g/mol. The lowest BCUT2D eigenvalue weighted by atomic mass is 10.2. The molecule has 4 rings (SSSR count). The van der Waals surface area contributed by atoms with Gasteiger partial charge in [-0.05, 0) is 18.1 Å². The highest BCUT2D eigenvalue weighted by atomic mass is 32.1. The van der Waals surface area contributed by atoms with Crippen molar-refractivity contribution >= 4 is 21.6 Å². The molecular weight excluding hydrogens is 334 g/mol. The van der Waals surface area contributed by atoms with Gasteiger partial charge >= 0.3 is 0 Å². The molecule has 4 aromatic rings. The van der Waals surface area contributed by atoms with Gasteiger partial charge in [-0.3, -0.25) is 9.36 Å². The average Bonchev–Trinajstić information content (AvgIpc) is 3.25. The first kappa shape index (κ1) is 15.7. The Bertz CT molecular complexity index is 1060. The summed E-state index contributed by atoms with van der Waals surface area (Å²) in [4.78, 5) is 19.0. The van der Waals surface area contributed by atoms with Gasteiger partial charge in [0.05, 0.1) is 31.0 Å². The topological polar surface area (TPSA) is 65.6 Å². The van der Waals surface area contributed by atoms with Crippen LogP contribution < -0.4 is 5.56 Å². The number of fused-ring (bicyclic) bond motifs is 1. The molecule has 126 valence electrons. The molecule has 0 N–H and O–H groups in total. The van der Waals surface area contributed by atoms with E-state index in [9.17, 15) is 4.79 Å². The van der Waals surface area contributed by atoms with Crippen molar-refractivity contribution in [2.45, 2.75) is 26.4 Å². The summed E-state index contributed by atoms with van der Waals surface area (Å²) in [5, 5.41) is 9.01. The largest absolute Gasteiger partial charge is 0.292 e. The van der Waals surface area contributed by atoms with Gasteiger partial charge in [0.15, 0.2) is 0 Å². The molecule has 0 spiro atoms. The highest BCUT2D eigenvalue weighted by Gasteiger charge is 2.10. The van der Waals surface area contributed by atoms with Crippen LogP contribution in [0.3, 0.4) is 0 Å². The van der Waals surface area contributed by atoms with Crippen LogP contribution in [-0.4, -0.2) is 24.5 Å². The number of hydrogen-bond donors (Lipinski definition) is 0. The van der Waals surface area contributed by atoms with Gasteiger partial charge < -0.3 is 0 Å². The lowest BCUT2D eigenvalue weighted by Crippen LogP contribution is -2.20. The molecule has 25 heavy (non-hydrogen) atoms. The summed E-state index contributed by atoms with van der Waals surface area (Å²) in [6, 6.07) is 12.0. The summed E-state index contributed by atoms with van der Waals surface area (Å²) in [6.07, 6.45) is 4.37. The number of aromatic nitrogens is 5. The minimum absolute atomic E-state index is 0.0291. The number of aryl methyl sites for hydroxylation is 1. The van der Waals surface area contributed by atoms with E-state index >= 15 is 0 Å². The van der Waals surface area contributed by atoms with E-state index in [0.717, 1.165) is 22.5 Å². The van der Waals surface area contributed by atoms with Gasteiger partial charge in [-0.15, -0.1) is 16.4 Å². The van der Waals surface area contributed by atoms with Crippen LogP contribution in [0.2, 0.25) is 0 Å². The third-order valence-corrected chi connectivity index (χ3v) is 5.21. The molecule has 0 saturated carbocycles. The van der Waals surface area contributed by atoms with Crippen molar-refractivity contribution in [3.8, 4) is 0 Å². The number of benzene rings is 1. The Kier molecular flexibility index (Phi) is 4.15. The number of rotatable bonds is 5. The van der Waals surface area contributed by atoms with Crippen molar-refractivity contribution in [2.24, 2.45) is 0 Å². The summed E-state index contributed by atoms with van der Waals surface area (Å²) >= 11 is 1.58. The Morgan fingerprint density at radius 1 is 1.16 bits per heavy atom. The molecule has 3 aromatic heterocycles. The van der Waals surface area contributed by atoms with Crippen LogP contribution in [0.4, 0.5) is 0 Å². The molecule has 0 radical (unpaired) electrons. The molecule has 7 heteroatoms. The normalized spacial score (nSPS) is 11.2. The fourth-order valence-corrected chi connectivity index (χ4v) is 3.66. The van der Waals surface area contributed by atoms with Crippen molar-refractivity contribution in [1.29, 1.82) is 0 Å². The second-order valence-corrected chi connectivity index (χ2v) is 6.97. The summed E-state index contributed by atoms with van der Waals surface area (Å²) < 4.78 is 3.37. The maximum atomic E-state index is 12.6. The highest BCUT2D eigenvalue weighted by Crippen LogP contribution is 2.21. The maximum absolute atomic E-state index is 12.6. The van der Waals surface area contributed by atoms with Crippen molar-refractivity contribution < 1.29 is 0 Å². The molecule has 0 amide bonds. The highest BCUT2D eigenvalue weighted by molar-refractivity contribution is 7.18. The van der Waals surface area contributed by atoms with Crippen LogP contribution in [-0.2, 0) is 19.5 Å². The van der Waals surface area contributed by atoms with Gasteiger partial charge in [-0.25, -0.2) is 9.67 Å². The van der Waals surface area contributed by atoms with Crippen molar-refractivity contribution in [1.82, 2.24) is 24.5 Å². The molecule has 0 saturated heterocycles. The first-order chi connectivity index (χ1) is 12.2. The van der Waals surface area contributed by atoms with Gasteiger partial charge in [0.1, 0.15) is 10.5 Å². The molecule has 0 unspecified atom stereocenters. The van der Waals surface area contributed by atoms with Crippen LogP contribution >= 0.6 is 11.3 Å². The third kappa shape index (κ3) is 3.23. The number of hydrogen-bond acceptors (Lipinski definition) is 5. The molecule has 0 aliphatic rings. The molecular formula is C18H17N5OS. The van der Waals surface area contributed by atoms with Crippen LogP contribution in [0, 0.1) is 0 Å². The summed E-state index contributed by atoms with van der Waals surface area (Å²) in [7, 11) is 0.